The maximum atomic E-state index is 12.3. The maximum absolute atomic E-state index is 12.3. The summed E-state index contributed by atoms with van der Waals surface area (Å²) in [5.74, 6) is -1.54. The second-order valence-electron chi connectivity index (χ2n) is 6.84. The first-order valence-electron chi connectivity index (χ1n) is 7.72. The Balaban J connectivity index is 2.04. The van der Waals surface area contributed by atoms with Crippen molar-refractivity contribution < 1.29 is 28.6 Å². The van der Waals surface area contributed by atoms with Crippen LogP contribution in [0.3, 0.4) is 0 Å². The monoisotopic (exact) mass is 323 g/mol. The smallest absolute Gasteiger partial charge is 0.236 e. The number of fused-ring (bicyclic) bond motifs is 1. The lowest BCUT2D eigenvalue weighted by Crippen LogP contribution is -2.53. The van der Waals surface area contributed by atoms with Gasteiger partial charge in [0.2, 0.25) is 5.91 Å². The number of carbonyl (C=O) groups excluding carboxylic acids is 3. The van der Waals surface area contributed by atoms with E-state index in [2.05, 4.69) is 0 Å². The molecule has 126 valence electrons. The van der Waals surface area contributed by atoms with Crippen LogP contribution in [-0.2, 0) is 28.6 Å². The number of allylic oxidation sites excluding steroid dienone is 1. The van der Waals surface area contributed by atoms with E-state index in [0.29, 0.717) is 6.42 Å². The van der Waals surface area contributed by atoms with Crippen molar-refractivity contribution in [3.05, 3.63) is 12.3 Å². The molecule has 0 radical (unpaired) electrons. The van der Waals surface area contributed by atoms with Crippen LogP contribution in [0, 0.1) is 0 Å². The quantitative estimate of drug-likeness (QED) is 0.567. The molecule has 1 amide bonds. The Bertz CT molecular complexity index is 599. The van der Waals surface area contributed by atoms with Crippen LogP contribution in [0.2, 0.25) is 0 Å². The molecule has 0 N–H and O–H groups in total. The maximum Gasteiger partial charge on any atom is 0.236 e. The highest BCUT2D eigenvalue weighted by Gasteiger charge is 2.70. The number of hydrogen-bond donors (Lipinski definition) is 0. The van der Waals surface area contributed by atoms with Gasteiger partial charge in [-0.25, -0.2) is 0 Å². The average Bonchev–Trinajstić information content (AvgIpc) is 2.84. The summed E-state index contributed by atoms with van der Waals surface area (Å²) >= 11 is 0. The molecule has 0 aliphatic carbocycles. The lowest BCUT2D eigenvalue weighted by atomic mass is 9.86. The van der Waals surface area contributed by atoms with Gasteiger partial charge in [0.15, 0.2) is 29.7 Å². The number of amides is 1. The van der Waals surface area contributed by atoms with Crippen molar-refractivity contribution >= 4 is 18.0 Å². The van der Waals surface area contributed by atoms with Gasteiger partial charge in [-0.15, -0.1) is 0 Å². The zero-order valence-electron chi connectivity index (χ0n) is 13.7. The zero-order valence-corrected chi connectivity index (χ0v) is 13.7. The molecule has 0 saturated carbocycles. The minimum Gasteiger partial charge on any atom is -0.341 e. The Labute approximate surface area is 134 Å². The van der Waals surface area contributed by atoms with Crippen LogP contribution in [-0.4, -0.2) is 52.2 Å². The fourth-order valence-corrected chi connectivity index (χ4v) is 3.69. The lowest BCUT2D eigenvalue weighted by Gasteiger charge is -2.36. The molecule has 2 saturated heterocycles. The van der Waals surface area contributed by atoms with Crippen LogP contribution in [0.15, 0.2) is 12.3 Å². The molecule has 7 nitrogen and oxygen atoms in total. The Hall–Kier alpha value is -1.57. The third-order valence-electron chi connectivity index (χ3n) is 4.69. The van der Waals surface area contributed by atoms with Gasteiger partial charge in [-0.3, -0.25) is 14.5 Å². The Morgan fingerprint density at radius 2 is 2.00 bits per heavy atom. The second kappa shape index (κ2) is 4.96. The van der Waals surface area contributed by atoms with E-state index in [4.69, 9.17) is 14.2 Å². The predicted molar refractivity (Wildman–Crippen MR) is 78.0 cm³/mol. The fourth-order valence-electron chi connectivity index (χ4n) is 3.69. The second-order valence-corrected chi connectivity index (χ2v) is 6.84. The highest BCUT2D eigenvalue weighted by atomic mass is 16.8. The van der Waals surface area contributed by atoms with E-state index >= 15 is 0 Å². The zero-order chi connectivity index (χ0) is 17.0. The van der Waals surface area contributed by atoms with E-state index in [9.17, 15) is 14.4 Å². The van der Waals surface area contributed by atoms with Crippen molar-refractivity contribution in [3.63, 3.8) is 0 Å². The molecule has 0 unspecified atom stereocenters. The number of ether oxygens (including phenoxy) is 3. The molecular formula is C16H21NO6. The van der Waals surface area contributed by atoms with Crippen LogP contribution in [0.1, 0.15) is 40.5 Å². The molecule has 0 aromatic carbocycles. The first-order valence-corrected chi connectivity index (χ1v) is 7.72. The number of carbonyl (C=O) groups is 3. The molecule has 3 rings (SSSR count). The van der Waals surface area contributed by atoms with E-state index in [1.165, 1.54) is 17.2 Å². The van der Waals surface area contributed by atoms with Gasteiger partial charge >= 0.3 is 0 Å². The van der Waals surface area contributed by atoms with Gasteiger partial charge < -0.3 is 19.0 Å². The van der Waals surface area contributed by atoms with Gasteiger partial charge in [0.25, 0.3) is 0 Å². The Kier molecular flexibility index (Phi) is 3.51. The lowest BCUT2D eigenvalue weighted by molar-refractivity contribution is -0.234. The minimum absolute atomic E-state index is 0.221. The molecule has 0 bridgehead atoms. The molecule has 0 spiro atoms. The first-order chi connectivity index (χ1) is 10.7. The number of ketones is 1. The summed E-state index contributed by atoms with van der Waals surface area (Å²) < 4.78 is 18.0. The molecular weight excluding hydrogens is 302 g/mol. The third-order valence-corrected chi connectivity index (χ3v) is 4.69. The van der Waals surface area contributed by atoms with Crippen molar-refractivity contribution in [2.24, 2.45) is 0 Å². The summed E-state index contributed by atoms with van der Waals surface area (Å²) in [5.41, 5.74) is -2.20. The number of aldehydes is 1. The van der Waals surface area contributed by atoms with Gasteiger partial charge in [0.1, 0.15) is 11.7 Å². The van der Waals surface area contributed by atoms with E-state index in [0.717, 1.165) is 6.29 Å². The summed E-state index contributed by atoms with van der Waals surface area (Å²) in [6, 6.07) is 0. The van der Waals surface area contributed by atoms with Crippen molar-refractivity contribution in [1.82, 2.24) is 4.90 Å². The fraction of sp³-hybridized carbons (Fsp3) is 0.688. The van der Waals surface area contributed by atoms with E-state index in [1.54, 1.807) is 20.8 Å². The number of nitrogens with zero attached hydrogens (tertiary/aromatic N) is 1. The van der Waals surface area contributed by atoms with E-state index in [-0.39, 0.29) is 18.1 Å². The SMILES string of the molecule is CC[C@@]1(C=O)O[C@@H](N2C=CC(=O)CC2=O)[C@]2(C)OC(C)(C)O[C@@H]21. The number of hydrogen-bond acceptors (Lipinski definition) is 6. The van der Waals surface area contributed by atoms with Crippen molar-refractivity contribution in [1.29, 1.82) is 0 Å². The third kappa shape index (κ3) is 2.26. The molecule has 2 fully saturated rings. The highest BCUT2D eigenvalue weighted by molar-refractivity contribution is 6.06. The average molecular weight is 323 g/mol. The minimum atomic E-state index is -1.19. The van der Waals surface area contributed by atoms with E-state index < -0.39 is 29.3 Å². The van der Waals surface area contributed by atoms with Crippen molar-refractivity contribution in [2.45, 2.75) is 69.9 Å². The molecule has 3 aliphatic rings. The van der Waals surface area contributed by atoms with Crippen LogP contribution in [0.4, 0.5) is 0 Å². The van der Waals surface area contributed by atoms with Crippen molar-refractivity contribution in [2.75, 3.05) is 0 Å². The van der Waals surface area contributed by atoms with Crippen LogP contribution in [0.25, 0.3) is 0 Å². The molecule has 7 heteroatoms. The molecule has 0 aromatic rings. The van der Waals surface area contributed by atoms with Gasteiger partial charge in [0.05, 0.1) is 6.42 Å². The summed E-state index contributed by atoms with van der Waals surface area (Å²) in [5, 5.41) is 0. The van der Waals surface area contributed by atoms with E-state index in [1.807, 2.05) is 6.92 Å². The Morgan fingerprint density at radius 1 is 1.30 bits per heavy atom. The van der Waals surface area contributed by atoms with Crippen molar-refractivity contribution in [3.8, 4) is 0 Å². The summed E-state index contributed by atoms with van der Waals surface area (Å²) in [6.07, 6.45) is 2.14. The topological polar surface area (TPSA) is 82.1 Å². The normalized spacial score (nSPS) is 42.2. The standard InChI is InChI=1S/C16H21NO6/c1-5-16(9-18)12-15(4,23-14(2,3)21-12)13(22-16)17-7-6-10(19)8-11(17)20/h6-7,9,12-13H,5,8H2,1-4H3/t12-,13+,15+,16-/m0/s1. The highest BCUT2D eigenvalue weighted by Crippen LogP contribution is 2.52. The molecule has 3 aliphatic heterocycles. The van der Waals surface area contributed by atoms with Gasteiger partial charge in [0, 0.05) is 6.20 Å². The van der Waals surface area contributed by atoms with Gasteiger partial charge in [-0.2, -0.15) is 0 Å². The first kappa shape index (κ1) is 16.3. The summed E-state index contributed by atoms with van der Waals surface area (Å²) in [4.78, 5) is 36.8. The molecule has 4 atom stereocenters. The van der Waals surface area contributed by atoms with Crippen LogP contribution >= 0.6 is 0 Å². The summed E-state index contributed by atoms with van der Waals surface area (Å²) in [6.45, 7) is 7.12. The largest absolute Gasteiger partial charge is 0.341 e. The molecule has 0 aromatic heterocycles. The van der Waals surface area contributed by atoms with Crippen LogP contribution < -0.4 is 0 Å². The number of rotatable bonds is 3. The molecule has 3 heterocycles. The molecule has 23 heavy (non-hydrogen) atoms. The Morgan fingerprint density at radius 3 is 2.57 bits per heavy atom. The predicted octanol–water partition coefficient (Wildman–Crippen LogP) is 0.916. The summed E-state index contributed by atoms with van der Waals surface area (Å²) in [7, 11) is 0. The van der Waals surface area contributed by atoms with Gasteiger partial charge in [-0.1, -0.05) is 6.92 Å². The van der Waals surface area contributed by atoms with Crippen LogP contribution in [0.5, 0.6) is 0 Å². The van der Waals surface area contributed by atoms with Gasteiger partial charge in [-0.05, 0) is 33.3 Å².